The fourth-order valence-corrected chi connectivity index (χ4v) is 1.90. The summed E-state index contributed by atoms with van der Waals surface area (Å²) >= 11 is 0. The third-order valence-electron chi connectivity index (χ3n) is 2.85. The number of rotatable bonds is 6. The number of aromatic carboxylic acids is 1. The van der Waals surface area contributed by atoms with Crippen molar-refractivity contribution < 1.29 is 15.0 Å². The van der Waals surface area contributed by atoms with E-state index in [9.17, 15) is 9.90 Å². The number of benzene rings is 1. The van der Waals surface area contributed by atoms with E-state index in [1.54, 1.807) is 19.1 Å². The zero-order chi connectivity index (χ0) is 13.8. The van der Waals surface area contributed by atoms with Gasteiger partial charge in [0.1, 0.15) is 0 Å². The third-order valence-corrected chi connectivity index (χ3v) is 2.85. The quantitative estimate of drug-likeness (QED) is 0.727. The number of aryl methyl sites for hydroxylation is 1. The summed E-state index contributed by atoms with van der Waals surface area (Å²) < 4.78 is 0. The molecule has 0 aliphatic heterocycles. The van der Waals surface area contributed by atoms with E-state index in [2.05, 4.69) is 5.32 Å². The lowest BCUT2D eigenvalue weighted by Gasteiger charge is -2.24. The molecule has 3 N–H and O–H groups in total. The van der Waals surface area contributed by atoms with E-state index in [0.29, 0.717) is 18.7 Å². The van der Waals surface area contributed by atoms with Crippen molar-refractivity contribution in [2.75, 3.05) is 11.9 Å². The van der Waals surface area contributed by atoms with Crippen LogP contribution in [0.1, 0.15) is 42.6 Å². The fraction of sp³-hybridized carbons (Fsp3) is 0.500. The molecule has 0 aliphatic carbocycles. The van der Waals surface area contributed by atoms with Crippen molar-refractivity contribution in [2.45, 2.75) is 39.2 Å². The maximum absolute atomic E-state index is 11.1. The summed E-state index contributed by atoms with van der Waals surface area (Å²) in [5.41, 5.74) is 0.861. The van der Waals surface area contributed by atoms with E-state index in [4.69, 9.17) is 5.11 Å². The second kappa shape index (κ2) is 5.87. The zero-order valence-corrected chi connectivity index (χ0v) is 11.2. The van der Waals surface area contributed by atoms with Gasteiger partial charge in [-0.15, -0.1) is 0 Å². The van der Waals surface area contributed by atoms with E-state index in [-0.39, 0.29) is 5.56 Å². The van der Waals surface area contributed by atoms with Crippen molar-refractivity contribution in [3.63, 3.8) is 0 Å². The maximum Gasteiger partial charge on any atom is 0.337 e. The molecule has 0 bridgehead atoms. The number of hydrogen-bond donors (Lipinski definition) is 3. The normalized spacial score (nSPS) is 14.0. The Labute approximate surface area is 108 Å². The van der Waals surface area contributed by atoms with Gasteiger partial charge in [0.15, 0.2) is 0 Å². The van der Waals surface area contributed by atoms with Gasteiger partial charge in [0.2, 0.25) is 0 Å². The Bertz CT molecular complexity index is 427. The Morgan fingerprint density at radius 1 is 1.44 bits per heavy atom. The molecule has 0 aliphatic rings. The largest absolute Gasteiger partial charge is 0.478 e. The maximum atomic E-state index is 11.1. The first-order chi connectivity index (χ1) is 8.35. The monoisotopic (exact) mass is 251 g/mol. The zero-order valence-electron chi connectivity index (χ0n) is 11.2. The van der Waals surface area contributed by atoms with Gasteiger partial charge in [0.05, 0.1) is 11.2 Å². The van der Waals surface area contributed by atoms with E-state index >= 15 is 0 Å². The van der Waals surface area contributed by atoms with Gasteiger partial charge in [0.25, 0.3) is 0 Å². The smallest absolute Gasteiger partial charge is 0.337 e. The SMILES string of the molecule is CCCC(C)(O)CNc1ccc(C)cc1C(=O)O. The molecule has 0 spiro atoms. The second-order valence-electron chi connectivity index (χ2n) is 4.95. The molecule has 1 unspecified atom stereocenters. The van der Waals surface area contributed by atoms with Crippen LogP contribution in [0.15, 0.2) is 18.2 Å². The van der Waals surface area contributed by atoms with Gasteiger partial charge in [-0.2, -0.15) is 0 Å². The molecule has 4 nitrogen and oxygen atoms in total. The molecule has 1 aromatic rings. The lowest BCUT2D eigenvalue weighted by atomic mass is 10.0. The standard InChI is InChI=1S/C14H21NO3/c1-4-7-14(3,18)9-15-12-6-5-10(2)8-11(12)13(16)17/h5-6,8,15,18H,4,7,9H2,1-3H3,(H,16,17). The number of aliphatic hydroxyl groups is 1. The van der Waals surface area contributed by atoms with E-state index < -0.39 is 11.6 Å². The Morgan fingerprint density at radius 2 is 2.11 bits per heavy atom. The molecule has 1 rings (SSSR count). The molecule has 18 heavy (non-hydrogen) atoms. The van der Waals surface area contributed by atoms with Crippen LogP contribution in [-0.4, -0.2) is 28.3 Å². The second-order valence-corrected chi connectivity index (χ2v) is 4.95. The molecule has 0 aromatic heterocycles. The molecule has 100 valence electrons. The minimum Gasteiger partial charge on any atom is -0.478 e. The van der Waals surface area contributed by atoms with Crippen LogP contribution in [0.4, 0.5) is 5.69 Å². The first-order valence-electron chi connectivity index (χ1n) is 6.16. The molecular weight excluding hydrogens is 230 g/mol. The number of nitrogens with one attached hydrogen (secondary N) is 1. The van der Waals surface area contributed by atoms with Gasteiger partial charge >= 0.3 is 5.97 Å². The predicted molar refractivity (Wildman–Crippen MR) is 72.2 cm³/mol. The lowest BCUT2D eigenvalue weighted by Crippen LogP contribution is -2.33. The van der Waals surface area contributed by atoms with Crippen LogP contribution < -0.4 is 5.32 Å². The van der Waals surface area contributed by atoms with E-state index in [0.717, 1.165) is 12.0 Å². The highest BCUT2D eigenvalue weighted by Crippen LogP contribution is 2.19. The lowest BCUT2D eigenvalue weighted by molar-refractivity contribution is 0.0631. The van der Waals surface area contributed by atoms with Gasteiger partial charge in [-0.25, -0.2) is 4.79 Å². The molecule has 0 saturated carbocycles. The summed E-state index contributed by atoms with van der Waals surface area (Å²) in [6.45, 7) is 5.94. The summed E-state index contributed by atoms with van der Waals surface area (Å²) in [5, 5.41) is 22.2. The van der Waals surface area contributed by atoms with Crippen LogP contribution in [0.5, 0.6) is 0 Å². The van der Waals surface area contributed by atoms with Crippen molar-refractivity contribution >= 4 is 11.7 Å². The predicted octanol–water partition coefficient (Wildman–Crippen LogP) is 2.66. The molecule has 1 aromatic carbocycles. The molecular formula is C14H21NO3. The molecule has 0 amide bonds. The Kier molecular flexibility index (Phi) is 4.73. The Morgan fingerprint density at radius 3 is 2.67 bits per heavy atom. The topological polar surface area (TPSA) is 69.6 Å². The first kappa shape index (κ1) is 14.5. The first-order valence-corrected chi connectivity index (χ1v) is 6.16. The number of carbonyl (C=O) groups is 1. The van der Waals surface area contributed by atoms with Crippen LogP contribution in [0.25, 0.3) is 0 Å². The Hall–Kier alpha value is -1.55. The summed E-state index contributed by atoms with van der Waals surface area (Å²) in [6.07, 6.45) is 1.56. The average molecular weight is 251 g/mol. The molecule has 0 heterocycles. The van der Waals surface area contributed by atoms with Gasteiger partial charge in [-0.05, 0) is 32.4 Å². The molecule has 4 heteroatoms. The van der Waals surface area contributed by atoms with Crippen molar-refractivity contribution in [1.82, 2.24) is 0 Å². The van der Waals surface area contributed by atoms with Crippen molar-refractivity contribution in [2.24, 2.45) is 0 Å². The van der Waals surface area contributed by atoms with Crippen molar-refractivity contribution in [3.05, 3.63) is 29.3 Å². The van der Waals surface area contributed by atoms with Crippen LogP contribution in [0.2, 0.25) is 0 Å². The van der Waals surface area contributed by atoms with Crippen LogP contribution >= 0.6 is 0 Å². The van der Waals surface area contributed by atoms with Crippen LogP contribution in [-0.2, 0) is 0 Å². The van der Waals surface area contributed by atoms with Gasteiger partial charge in [-0.1, -0.05) is 25.0 Å². The van der Waals surface area contributed by atoms with Crippen molar-refractivity contribution in [3.8, 4) is 0 Å². The number of carboxylic acids is 1. The highest BCUT2D eigenvalue weighted by molar-refractivity contribution is 5.94. The third kappa shape index (κ3) is 4.04. The molecule has 0 saturated heterocycles. The number of hydrogen-bond acceptors (Lipinski definition) is 3. The minimum absolute atomic E-state index is 0.238. The summed E-state index contributed by atoms with van der Waals surface area (Å²) in [6, 6.07) is 5.21. The van der Waals surface area contributed by atoms with Gasteiger partial charge < -0.3 is 15.5 Å². The van der Waals surface area contributed by atoms with E-state index in [1.165, 1.54) is 0 Å². The highest BCUT2D eigenvalue weighted by Gasteiger charge is 2.20. The molecule has 0 radical (unpaired) electrons. The molecule has 1 atom stereocenters. The van der Waals surface area contributed by atoms with Crippen LogP contribution in [0.3, 0.4) is 0 Å². The minimum atomic E-state index is -0.962. The highest BCUT2D eigenvalue weighted by atomic mass is 16.4. The number of carboxylic acid groups (broad SMARTS) is 1. The van der Waals surface area contributed by atoms with E-state index in [1.807, 2.05) is 19.9 Å². The van der Waals surface area contributed by atoms with Crippen LogP contribution in [0, 0.1) is 6.92 Å². The summed E-state index contributed by atoms with van der Waals surface area (Å²) in [4.78, 5) is 11.1. The summed E-state index contributed by atoms with van der Waals surface area (Å²) in [5.74, 6) is -0.962. The van der Waals surface area contributed by atoms with Crippen molar-refractivity contribution in [1.29, 1.82) is 0 Å². The molecule has 0 fully saturated rings. The number of anilines is 1. The fourth-order valence-electron chi connectivity index (χ4n) is 1.90. The summed E-state index contributed by atoms with van der Waals surface area (Å²) in [7, 11) is 0. The average Bonchev–Trinajstić information content (AvgIpc) is 2.27. The van der Waals surface area contributed by atoms with Gasteiger partial charge in [-0.3, -0.25) is 0 Å². The van der Waals surface area contributed by atoms with Gasteiger partial charge in [0, 0.05) is 12.2 Å². The Balaban J connectivity index is 2.82.